The Balaban J connectivity index is 2.84. The molecule has 1 aromatic rings. The van der Waals surface area contributed by atoms with Gasteiger partial charge in [-0.25, -0.2) is 9.18 Å². The van der Waals surface area contributed by atoms with Gasteiger partial charge in [-0.3, -0.25) is 0 Å². The second-order valence-corrected chi connectivity index (χ2v) is 2.93. The number of hydrogen-bond donors (Lipinski definition) is 1. The molecule has 0 aliphatic carbocycles. The number of ether oxygens (including phenoxy) is 1. The van der Waals surface area contributed by atoms with E-state index in [9.17, 15) is 9.18 Å². The summed E-state index contributed by atoms with van der Waals surface area (Å²) in [6, 6.07) is 3.94. The molecule has 3 nitrogen and oxygen atoms in total. The minimum Gasteiger partial charge on any atom is -0.482 e. The second kappa shape index (κ2) is 5.14. The highest BCUT2D eigenvalue weighted by Gasteiger charge is 2.06. The maximum absolute atomic E-state index is 12.9. The van der Waals surface area contributed by atoms with E-state index in [1.807, 2.05) is 0 Å². The fourth-order valence-electron chi connectivity index (χ4n) is 1.14. The largest absolute Gasteiger partial charge is 0.482 e. The lowest BCUT2D eigenvalue weighted by Crippen LogP contribution is -2.10. The number of benzene rings is 1. The van der Waals surface area contributed by atoms with E-state index >= 15 is 0 Å². The highest BCUT2D eigenvalue weighted by Crippen LogP contribution is 2.20. The van der Waals surface area contributed by atoms with Crippen molar-refractivity contribution in [3.8, 4) is 5.75 Å². The van der Waals surface area contributed by atoms with Crippen LogP contribution in [0.15, 0.2) is 30.9 Å². The van der Waals surface area contributed by atoms with Crippen LogP contribution in [0.3, 0.4) is 0 Å². The van der Waals surface area contributed by atoms with Crippen LogP contribution in [-0.4, -0.2) is 17.7 Å². The summed E-state index contributed by atoms with van der Waals surface area (Å²) in [6.07, 6.45) is 2.04. The zero-order valence-corrected chi connectivity index (χ0v) is 8.07. The summed E-state index contributed by atoms with van der Waals surface area (Å²) in [6.45, 7) is 3.09. The molecule has 1 aromatic carbocycles. The molecule has 0 amide bonds. The van der Waals surface area contributed by atoms with Crippen LogP contribution in [-0.2, 0) is 11.2 Å². The third kappa shape index (κ3) is 3.42. The number of allylic oxidation sites excluding steroid dienone is 1. The average Bonchev–Trinajstić information content (AvgIpc) is 2.17. The second-order valence-electron chi connectivity index (χ2n) is 2.93. The molecule has 0 unspecified atom stereocenters. The molecular weight excluding hydrogens is 199 g/mol. The highest BCUT2D eigenvalue weighted by atomic mass is 19.1. The normalized spacial score (nSPS) is 9.67. The number of hydrogen-bond acceptors (Lipinski definition) is 2. The van der Waals surface area contributed by atoms with Crippen LogP contribution in [0.4, 0.5) is 4.39 Å². The summed E-state index contributed by atoms with van der Waals surface area (Å²) < 4.78 is 17.9. The van der Waals surface area contributed by atoms with Crippen LogP contribution in [0.1, 0.15) is 5.56 Å². The maximum Gasteiger partial charge on any atom is 0.341 e. The molecule has 0 spiro atoms. The van der Waals surface area contributed by atoms with Crippen LogP contribution in [0.5, 0.6) is 5.75 Å². The molecule has 1 rings (SSSR count). The predicted molar refractivity (Wildman–Crippen MR) is 53.4 cm³/mol. The molecule has 0 heterocycles. The monoisotopic (exact) mass is 210 g/mol. The topological polar surface area (TPSA) is 46.5 Å². The Hall–Kier alpha value is -1.84. The lowest BCUT2D eigenvalue weighted by molar-refractivity contribution is -0.139. The standard InChI is InChI=1S/C11H11FO3/c1-2-3-8-6-9(12)4-5-10(8)15-7-11(13)14/h2,4-6H,1,3,7H2,(H,13,14). The van der Waals surface area contributed by atoms with E-state index in [4.69, 9.17) is 9.84 Å². The summed E-state index contributed by atoms with van der Waals surface area (Å²) in [5, 5.41) is 8.43. The number of carboxylic acids is 1. The highest BCUT2D eigenvalue weighted by molar-refractivity contribution is 5.68. The van der Waals surface area contributed by atoms with Crippen LogP contribution in [0.25, 0.3) is 0 Å². The van der Waals surface area contributed by atoms with Crippen molar-refractivity contribution < 1.29 is 19.0 Å². The summed E-state index contributed by atoms with van der Waals surface area (Å²) in [4.78, 5) is 10.3. The van der Waals surface area contributed by atoms with E-state index in [0.29, 0.717) is 17.7 Å². The van der Waals surface area contributed by atoms with Crippen molar-refractivity contribution in [2.45, 2.75) is 6.42 Å². The van der Waals surface area contributed by atoms with Gasteiger partial charge in [-0.05, 0) is 24.6 Å². The number of carboxylic acid groups (broad SMARTS) is 1. The van der Waals surface area contributed by atoms with Gasteiger partial charge in [-0.2, -0.15) is 0 Å². The van der Waals surface area contributed by atoms with Gasteiger partial charge >= 0.3 is 5.97 Å². The van der Waals surface area contributed by atoms with E-state index in [0.717, 1.165) is 0 Å². The molecule has 4 heteroatoms. The molecule has 0 fully saturated rings. The van der Waals surface area contributed by atoms with Crippen molar-refractivity contribution in [1.29, 1.82) is 0 Å². The summed E-state index contributed by atoms with van der Waals surface area (Å²) in [5.74, 6) is -1.07. The molecular formula is C11H11FO3. The number of halogens is 1. The predicted octanol–water partition coefficient (Wildman–Crippen LogP) is 2.02. The molecule has 0 saturated heterocycles. The first kappa shape index (κ1) is 11.2. The lowest BCUT2D eigenvalue weighted by Gasteiger charge is -2.08. The van der Waals surface area contributed by atoms with Gasteiger partial charge in [0, 0.05) is 5.56 Å². The first-order valence-electron chi connectivity index (χ1n) is 4.37. The quantitative estimate of drug-likeness (QED) is 0.756. The van der Waals surface area contributed by atoms with E-state index in [-0.39, 0.29) is 5.82 Å². The van der Waals surface area contributed by atoms with Crippen molar-refractivity contribution in [2.24, 2.45) is 0 Å². The van der Waals surface area contributed by atoms with Crippen LogP contribution < -0.4 is 4.74 Å². The molecule has 1 N–H and O–H groups in total. The molecule has 80 valence electrons. The van der Waals surface area contributed by atoms with Gasteiger partial charge in [0.15, 0.2) is 6.61 Å². The minimum absolute atomic E-state index is 0.374. The van der Waals surface area contributed by atoms with Gasteiger partial charge < -0.3 is 9.84 Å². The molecule has 0 aromatic heterocycles. The van der Waals surface area contributed by atoms with Gasteiger partial charge in [0.1, 0.15) is 11.6 Å². The third-order valence-corrected chi connectivity index (χ3v) is 1.74. The van der Waals surface area contributed by atoms with Gasteiger partial charge in [-0.1, -0.05) is 6.08 Å². The van der Waals surface area contributed by atoms with E-state index < -0.39 is 12.6 Å². The molecule has 0 saturated carbocycles. The van der Waals surface area contributed by atoms with Crippen molar-refractivity contribution in [3.63, 3.8) is 0 Å². The van der Waals surface area contributed by atoms with Gasteiger partial charge in [0.25, 0.3) is 0 Å². The summed E-state index contributed by atoms with van der Waals surface area (Å²) in [7, 11) is 0. The van der Waals surface area contributed by atoms with Crippen LogP contribution >= 0.6 is 0 Å². The van der Waals surface area contributed by atoms with Crippen molar-refractivity contribution in [2.75, 3.05) is 6.61 Å². The van der Waals surface area contributed by atoms with Gasteiger partial charge in [-0.15, -0.1) is 6.58 Å². The first-order chi connectivity index (χ1) is 7.13. The van der Waals surface area contributed by atoms with E-state index in [2.05, 4.69) is 6.58 Å². The Kier molecular flexibility index (Phi) is 3.85. The van der Waals surface area contributed by atoms with Gasteiger partial charge in [0.2, 0.25) is 0 Å². The number of aliphatic carboxylic acids is 1. The maximum atomic E-state index is 12.9. The van der Waals surface area contributed by atoms with Crippen molar-refractivity contribution in [3.05, 3.63) is 42.2 Å². The molecule has 0 bridgehead atoms. The molecule has 0 aliphatic rings. The summed E-state index contributed by atoms with van der Waals surface area (Å²) in [5.41, 5.74) is 0.589. The third-order valence-electron chi connectivity index (χ3n) is 1.74. The number of rotatable bonds is 5. The summed E-state index contributed by atoms with van der Waals surface area (Å²) >= 11 is 0. The van der Waals surface area contributed by atoms with Crippen molar-refractivity contribution >= 4 is 5.97 Å². The average molecular weight is 210 g/mol. The molecule has 0 atom stereocenters. The van der Waals surface area contributed by atoms with E-state index in [1.165, 1.54) is 18.2 Å². The van der Waals surface area contributed by atoms with Gasteiger partial charge in [0.05, 0.1) is 0 Å². The Bertz CT molecular complexity index is 374. The minimum atomic E-state index is -1.07. The lowest BCUT2D eigenvalue weighted by atomic mass is 10.1. The Morgan fingerprint density at radius 2 is 2.33 bits per heavy atom. The Morgan fingerprint density at radius 3 is 2.93 bits per heavy atom. The molecule has 0 aliphatic heterocycles. The Morgan fingerprint density at radius 1 is 1.60 bits per heavy atom. The fourth-order valence-corrected chi connectivity index (χ4v) is 1.14. The SMILES string of the molecule is C=CCc1cc(F)ccc1OCC(=O)O. The zero-order chi connectivity index (χ0) is 11.3. The molecule has 15 heavy (non-hydrogen) atoms. The zero-order valence-electron chi connectivity index (χ0n) is 8.07. The first-order valence-corrected chi connectivity index (χ1v) is 4.37. The fraction of sp³-hybridized carbons (Fsp3) is 0.182. The molecule has 0 radical (unpaired) electrons. The smallest absolute Gasteiger partial charge is 0.341 e. The van der Waals surface area contributed by atoms with Crippen molar-refractivity contribution in [1.82, 2.24) is 0 Å². The Labute approximate surface area is 86.8 Å². The van der Waals surface area contributed by atoms with E-state index in [1.54, 1.807) is 6.08 Å². The van der Waals surface area contributed by atoms with Crippen LogP contribution in [0, 0.1) is 5.82 Å². The van der Waals surface area contributed by atoms with Crippen LogP contribution in [0.2, 0.25) is 0 Å². The number of carbonyl (C=O) groups is 1.